The Kier molecular flexibility index (Phi) is 7.55. The summed E-state index contributed by atoms with van der Waals surface area (Å²) in [5.74, 6) is -0.420. The van der Waals surface area contributed by atoms with Crippen LogP contribution in [-0.2, 0) is 20.8 Å². The lowest BCUT2D eigenvalue weighted by molar-refractivity contribution is -0.134. The first-order valence-electron chi connectivity index (χ1n) is 9.57. The number of hydrogen-bond acceptors (Lipinski definition) is 5. The first kappa shape index (κ1) is 21.2. The number of halogens is 2. The lowest BCUT2D eigenvalue weighted by atomic mass is 9.99. The molecule has 5 nitrogen and oxygen atoms in total. The maximum Gasteiger partial charge on any atom is 0.345 e. The van der Waals surface area contributed by atoms with Crippen molar-refractivity contribution < 1.29 is 27.8 Å². The standard InChI is InChI=1S/C22H25F2NO4/c1-27-21(26)17-7-9-18(10-8-17)25-13-20(12-11-19(25)15-29-22(23)24)28-14-16-5-3-2-4-6-16/h2-10,19-20,22H,11-15H2,1H3/t19-,20-/m0/s1. The number of hydrogen-bond donors (Lipinski definition) is 0. The fourth-order valence-electron chi connectivity index (χ4n) is 3.50. The minimum atomic E-state index is -2.80. The highest BCUT2D eigenvalue weighted by Gasteiger charge is 2.30. The second-order valence-corrected chi connectivity index (χ2v) is 6.93. The van der Waals surface area contributed by atoms with Gasteiger partial charge in [-0.05, 0) is 42.7 Å². The average molecular weight is 405 g/mol. The topological polar surface area (TPSA) is 48.0 Å². The van der Waals surface area contributed by atoms with Gasteiger partial charge < -0.3 is 19.1 Å². The van der Waals surface area contributed by atoms with E-state index in [1.54, 1.807) is 24.3 Å². The Balaban J connectivity index is 1.69. The molecule has 0 radical (unpaired) electrons. The molecular weight excluding hydrogens is 380 g/mol. The van der Waals surface area contributed by atoms with Crippen LogP contribution >= 0.6 is 0 Å². The van der Waals surface area contributed by atoms with Crippen LogP contribution in [0, 0.1) is 0 Å². The number of alkyl halides is 2. The first-order valence-corrected chi connectivity index (χ1v) is 9.57. The van der Waals surface area contributed by atoms with E-state index >= 15 is 0 Å². The molecule has 29 heavy (non-hydrogen) atoms. The molecule has 3 rings (SSSR count). The predicted octanol–water partition coefficient (Wildman–Crippen LogP) is 4.27. The molecule has 156 valence electrons. The Labute approximate surface area is 169 Å². The van der Waals surface area contributed by atoms with Crippen molar-refractivity contribution in [1.29, 1.82) is 0 Å². The molecule has 0 amide bonds. The van der Waals surface area contributed by atoms with Gasteiger partial charge >= 0.3 is 12.6 Å². The number of piperidine rings is 1. The second-order valence-electron chi connectivity index (χ2n) is 6.93. The van der Waals surface area contributed by atoms with E-state index in [-0.39, 0.29) is 18.8 Å². The highest BCUT2D eigenvalue weighted by molar-refractivity contribution is 5.89. The number of nitrogens with zero attached hydrogens (tertiary/aromatic N) is 1. The van der Waals surface area contributed by atoms with E-state index in [0.717, 1.165) is 17.7 Å². The number of benzene rings is 2. The van der Waals surface area contributed by atoms with Crippen molar-refractivity contribution in [2.45, 2.75) is 38.2 Å². The Hall–Kier alpha value is -2.51. The summed E-state index contributed by atoms with van der Waals surface area (Å²) in [5, 5.41) is 0. The summed E-state index contributed by atoms with van der Waals surface area (Å²) in [5.41, 5.74) is 2.35. The quantitative estimate of drug-likeness (QED) is 0.614. The molecule has 0 aromatic heterocycles. The van der Waals surface area contributed by atoms with Crippen LogP contribution < -0.4 is 4.90 Å². The molecule has 0 unspecified atom stereocenters. The smallest absolute Gasteiger partial charge is 0.345 e. The normalized spacial score (nSPS) is 19.4. The van der Waals surface area contributed by atoms with Gasteiger partial charge in [0, 0.05) is 12.2 Å². The maximum atomic E-state index is 12.6. The summed E-state index contributed by atoms with van der Waals surface area (Å²) in [6.45, 7) is -1.81. The van der Waals surface area contributed by atoms with E-state index in [9.17, 15) is 13.6 Å². The summed E-state index contributed by atoms with van der Waals surface area (Å²) in [4.78, 5) is 13.7. The Morgan fingerprint density at radius 1 is 1.10 bits per heavy atom. The molecule has 0 saturated carbocycles. The Morgan fingerprint density at radius 3 is 2.48 bits per heavy atom. The SMILES string of the molecule is COC(=O)c1ccc(N2C[C@@H](OCc3ccccc3)CC[C@H]2COC(F)F)cc1. The predicted molar refractivity (Wildman–Crippen MR) is 105 cm³/mol. The van der Waals surface area contributed by atoms with Crippen LogP contribution in [0.4, 0.5) is 14.5 Å². The Bertz CT molecular complexity index is 770. The van der Waals surface area contributed by atoms with Gasteiger partial charge in [-0.3, -0.25) is 0 Å². The average Bonchev–Trinajstić information content (AvgIpc) is 2.76. The highest BCUT2D eigenvalue weighted by atomic mass is 19.3. The monoisotopic (exact) mass is 405 g/mol. The molecule has 2 atom stereocenters. The lowest BCUT2D eigenvalue weighted by Crippen LogP contribution is -2.49. The van der Waals surface area contributed by atoms with Crippen LogP contribution in [0.2, 0.25) is 0 Å². The van der Waals surface area contributed by atoms with Gasteiger partial charge in [0.15, 0.2) is 0 Å². The second kappa shape index (κ2) is 10.3. The number of anilines is 1. The van der Waals surface area contributed by atoms with Gasteiger partial charge in [0.2, 0.25) is 0 Å². The van der Waals surface area contributed by atoms with Crippen LogP contribution in [0.3, 0.4) is 0 Å². The minimum Gasteiger partial charge on any atom is -0.465 e. The molecule has 1 aliphatic heterocycles. The van der Waals surface area contributed by atoms with Crippen molar-refractivity contribution in [1.82, 2.24) is 0 Å². The number of carbonyl (C=O) groups is 1. The van der Waals surface area contributed by atoms with E-state index < -0.39 is 12.6 Å². The molecule has 1 fully saturated rings. The third-order valence-electron chi connectivity index (χ3n) is 5.03. The summed E-state index contributed by atoms with van der Waals surface area (Å²) in [7, 11) is 1.33. The molecule has 1 aliphatic rings. The first-order chi connectivity index (χ1) is 14.1. The van der Waals surface area contributed by atoms with Crippen molar-refractivity contribution in [2.24, 2.45) is 0 Å². The van der Waals surface area contributed by atoms with Crippen molar-refractivity contribution in [3.8, 4) is 0 Å². The fraction of sp³-hybridized carbons (Fsp3) is 0.409. The van der Waals surface area contributed by atoms with Gasteiger partial charge in [-0.1, -0.05) is 30.3 Å². The van der Waals surface area contributed by atoms with Gasteiger partial charge in [-0.15, -0.1) is 0 Å². The third kappa shape index (κ3) is 5.98. The number of ether oxygens (including phenoxy) is 3. The van der Waals surface area contributed by atoms with Gasteiger partial charge in [0.25, 0.3) is 0 Å². The summed E-state index contributed by atoms with van der Waals surface area (Å²) < 4.78 is 40.5. The maximum absolute atomic E-state index is 12.6. The number of rotatable bonds is 8. The van der Waals surface area contributed by atoms with E-state index in [2.05, 4.69) is 4.74 Å². The molecule has 1 saturated heterocycles. The molecule has 0 spiro atoms. The Morgan fingerprint density at radius 2 is 1.83 bits per heavy atom. The minimum absolute atomic E-state index is 0.0294. The molecule has 0 N–H and O–H groups in total. The summed E-state index contributed by atoms with van der Waals surface area (Å²) >= 11 is 0. The zero-order chi connectivity index (χ0) is 20.6. The van der Waals surface area contributed by atoms with Gasteiger partial charge in [0.1, 0.15) is 0 Å². The van der Waals surface area contributed by atoms with E-state index in [1.165, 1.54) is 7.11 Å². The highest BCUT2D eigenvalue weighted by Crippen LogP contribution is 2.28. The van der Waals surface area contributed by atoms with E-state index in [4.69, 9.17) is 9.47 Å². The van der Waals surface area contributed by atoms with Crippen molar-refractivity contribution in [3.63, 3.8) is 0 Å². The van der Waals surface area contributed by atoms with Crippen LogP contribution in [0.1, 0.15) is 28.8 Å². The zero-order valence-electron chi connectivity index (χ0n) is 16.3. The summed E-state index contributed by atoms with van der Waals surface area (Å²) in [6.07, 6.45) is 1.41. The van der Waals surface area contributed by atoms with Gasteiger partial charge in [-0.2, -0.15) is 8.78 Å². The van der Waals surface area contributed by atoms with Crippen LogP contribution in [-0.4, -0.2) is 45.0 Å². The van der Waals surface area contributed by atoms with Crippen molar-refractivity contribution in [3.05, 3.63) is 65.7 Å². The number of carbonyl (C=O) groups excluding carboxylic acids is 1. The molecular formula is C22H25F2NO4. The van der Waals surface area contributed by atoms with E-state index in [1.807, 2.05) is 35.2 Å². The van der Waals surface area contributed by atoms with E-state index in [0.29, 0.717) is 25.1 Å². The molecule has 7 heteroatoms. The zero-order valence-corrected chi connectivity index (χ0v) is 16.3. The van der Waals surface area contributed by atoms with Crippen LogP contribution in [0.5, 0.6) is 0 Å². The van der Waals surface area contributed by atoms with Crippen LogP contribution in [0.15, 0.2) is 54.6 Å². The van der Waals surface area contributed by atoms with Crippen molar-refractivity contribution >= 4 is 11.7 Å². The fourth-order valence-corrected chi connectivity index (χ4v) is 3.50. The third-order valence-corrected chi connectivity index (χ3v) is 5.03. The molecule has 1 heterocycles. The molecule has 0 aliphatic carbocycles. The van der Waals surface area contributed by atoms with Crippen molar-refractivity contribution in [2.75, 3.05) is 25.2 Å². The van der Waals surface area contributed by atoms with Gasteiger partial charge in [-0.25, -0.2) is 4.79 Å². The number of esters is 1. The largest absolute Gasteiger partial charge is 0.465 e. The molecule has 2 aromatic rings. The number of methoxy groups -OCH3 is 1. The van der Waals surface area contributed by atoms with Crippen LogP contribution in [0.25, 0.3) is 0 Å². The molecule has 2 aromatic carbocycles. The lowest BCUT2D eigenvalue weighted by Gasteiger charge is -2.41. The molecule has 0 bridgehead atoms. The van der Waals surface area contributed by atoms with Gasteiger partial charge in [0.05, 0.1) is 38.0 Å². The summed E-state index contributed by atoms with van der Waals surface area (Å²) in [6, 6.07) is 16.6.